The number of carbonyl (C=O) groups excluding carboxylic acids is 1. The molecule has 2 heterocycles. The van der Waals surface area contributed by atoms with Gasteiger partial charge in [-0.1, -0.05) is 6.07 Å². The first-order valence-electron chi connectivity index (χ1n) is 8.70. The third kappa shape index (κ3) is 4.49. The molecule has 0 saturated heterocycles. The highest BCUT2D eigenvalue weighted by molar-refractivity contribution is 5.93. The number of aliphatic hydroxyl groups is 1. The second-order valence-electron chi connectivity index (χ2n) is 6.60. The maximum absolute atomic E-state index is 14.3. The Morgan fingerprint density at radius 2 is 1.96 bits per heavy atom. The average molecular weight is 384 g/mol. The molecular formula is C19H21FN6O2. The molecule has 28 heavy (non-hydrogen) atoms. The average Bonchev–Trinajstić information content (AvgIpc) is 3.12. The molecule has 3 rings (SSSR count). The molecule has 9 heteroatoms. The molecule has 146 valence electrons. The number of carbonyl (C=O) groups is 1. The lowest BCUT2D eigenvalue weighted by Crippen LogP contribution is -2.34. The molecule has 0 aliphatic rings. The lowest BCUT2D eigenvalue weighted by atomic mass is 10.1. The van der Waals surface area contributed by atoms with Crippen molar-refractivity contribution in [3.05, 3.63) is 59.3 Å². The standard InChI is InChI=1S/C19H21FN6O2/c1-11-4-12(2)6-15(5-11)24-19-21-8-16(20)17(25-19)26-9-14(7-22-26)18(28)23-13(3)10-27/h4-9,13,27H,10H2,1-3H3,(H,23,28)(H,21,24,25)/t13-/m0/s1. The van der Waals surface area contributed by atoms with Gasteiger partial charge in [0.2, 0.25) is 5.95 Å². The van der Waals surface area contributed by atoms with Gasteiger partial charge in [-0.05, 0) is 44.0 Å². The van der Waals surface area contributed by atoms with Crippen molar-refractivity contribution in [2.75, 3.05) is 11.9 Å². The van der Waals surface area contributed by atoms with Crippen LogP contribution in [0.1, 0.15) is 28.4 Å². The molecule has 0 spiro atoms. The third-order valence-electron chi connectivity index (χ3n) is 3.92. The largest absolute Gasteiger partial charge is 0.394 e. The zero-order valence-electron chi connectivity index (χ0n) is 15.8. The Labute approximate surface area is 161 Å². The second kappa shape index (κ2) is 8.13. The molecule has 0 bridgehead atoms. The maximum atomic E-state index is 14.3. The van der Waals surface area contributed by atoms with Gasteiger partial charge in [0.1, 0.15) is 0 Å². The van der Waals surface area contributed by atoms with Gasteiger partial charge in [0.05, 0.1) is 24.6 Å². The number of nitrogens with one attached hydrogen (secondary N) is 2. The molecule has 2 aromatic heterocycles. The van der Waals surface area contributed by atoms with Gasteiger partial charge in [0, 0.05) is 17.9 Å². The van der Waals surface area contributed by atoms with Gasteiger partial charge in [0.25, 0.3) is 5.91 Å². The van der Waals surface area contributed by atoms with E-state index in [4.69, 9.17) is 5.11 Å². The molecule has 1 amide bonds. The summed E-state index contributed by atoms with van der Waals surface area (Å²) in [5.74, 6) is -0.978. The van der Waals surface area contributed by atoms with E-state index >= 15 is 0 Å². The molecule has 8 nitrogen and oxygen atoms in total. The summed E-state index contributed by atoms with van der Waals surface area (Å²) in [5, 5.41) is 18.7. The van der Waals surface area contributed by atoms with Crippen LogP contribution in [0.5, 0.6) is 0 Å². The minimum atomic E-state index is -0.676. The predicted molar refractivity (Wildman–Crippen MR) is 102 cm³/mol. The Kier molecular flexibility index (Phi) is 5.65. The normalized spacial score (nSPS) is 11.9. The van der Waals surface area contributed by atoms with Crippen molar-refractivity contribution in [1.29, 1.82) is 0 Å². The predicted octanol–water partition coefficient (Wildman–Crippen LogP) is 2.27. The van der Waals surface area contributed by atoms with E-state index in [2.05, 4.69) is 25.7 Å². The highest BCUT2D eigenvalue weighted by Gasteiger charge is 2.15. The van der Waals surface area contributed by atoms with E-state index in [9.17, 15) is 9.18 Å². The maximum Gasteiger partial charge on any atom is 0.254 e. The van der Waals surface area contributed by atoms with Gasteiger partial charge in [-0.25, -0.2) is 14.1 Å². The van der Waals surface area contributed by atoms with Crippen LogP contribution in [0.15, 0.2) is 36.8 Å². The summed E-state index contributed by atoms with van der Waals surface area (Å²) >= 11 is 0. The van der Waals surface area contributed by atoms with Gasteiger partial charge in [-0.3, -0.25) is 4.79 Å². The summed E-state index contributed by atoms with van der Waals surface area (Å²) in [6.07, 6.45) is 3.71. The minimum Gasteiger partial charge on any atom is -0.394 e. The van der Waals surface area contributed by atoms with Crippen molar-refractivity contribution in [3.8, 4) is 5.82 Å². The summed E-state index contributed by atoms with van der Waals surface area (Å²) in [6, 6.07) is 5.49. The van der Waals surface area contributed by atoms with Crippen LogP contribution >= 0.6 is 0 Å². The molecule has 0 saturated carbocycles. The Morgan fingerprint density at radius 3 is 2.64 bits per heavy atom. The first-order chi connectivity index (χ1) is 13.4. The number of aromatic nitrogens is 4. The highest BCUT2D eigenvalue weighted by Crippen LogP contribution is 2.19. The molecular weight excluding hydrogens is 363 g/mol. The van der Waals surface area contributed by atoms with Crippen LogP contribution in [0.4, 0.5) is 16.0 Å². The van der Waals surface area contributed by atoms with Crippen molar-refractivity contribution in [2.45, 2.75) is 26.8 Å². The number of aryl methyl sites for hydroxylation is 2. The number of hydrogen-bond acceptors (Lipinski definition) is 6. The fraction of sp³-hybridized carbons (Fsp3) is 0.263. The number of anilines is 2. The van der Waals surface area contributed by atoms with Crippen LogP contribution in [0.3, 0.4) is 0 Å². The highest BCUT2D eigenvalue weighted by atomic mass is 19.1. The summed E-state index contributed by atoms with van der Waals surface area (Å²) in [4.78, 5) is 20.2. The molecule has 1 atom stereocenters. The summed E-state index contributed by atoms with van der Waals surface area (Å²) in [7, 11) is 0. The molecule has 0 unspecified atom stereocenters. The Morgan fingerprint density at radius 1 is 1.25 bits per heavy atom. The third-order valence-corrected chi connectivity index (χ3v) is 3.92. The van der Waals surface area contributed by atoms with Gasteiger partial charge in [-0.15, -0.1) is 0 Å². The SMILES string of the molecule is Cc1cc(C)cc(Nc2ncc(F)c(-n3cc(C(=O)N[C@@H](C)CO)cn3)n2)c1. The fourth-order valence-electron chi connectivity index (χ4n) is 2.66. The number of nitrogens with zero attached hydrogens (tertiary/aromatic N) is 4. The van der Waals surface area contributed by atoms with Crippen molar-refractivity contribution in [1.82, 2.24) is 25.1 Å². The van der Waals surface area contributed by atoms with Crippen molar-refractivity contribution < 1.29 is 14.3 Å². The summed E-state index contributed by atoms with van der Waals surface area (Å²) in [6.45, 7) is 5.43. The molecule has 0 aliphatic heterocycles. The lowest BCUT2D eigenvalue weighted by Gasteiger charge is -2.09. The van der Waals surface area contributed by atoms with E-state index in [1.54, 1.807) is 6.92 Å². The van der Waals surface area contributed by atoms with Crippen LogP contribution in [0.2, 0.25) is 0 Å². The molecule has 0 aliphatic carbocycles. The van der Waals surface area contributed by atoms with Crippen LogP contribution in [0.25, 0.3) is 5.82 Å². The number of rotatable bonds is 6. The molecule has 0 fully saturated rings. The number of benzene rings is 1. The van der Waals surface area contributed by atoms with E-state index in [0.717, 1.165) is 23.0 Å². The molecule has 3 aromatic rings. The van der Waals surface area contributed by atoms with Gasteiger partial charge in [-0.2, -0.15) is 10.1 Å². The van der Waals surface area contributed by atoms with Gasteiger partial charge in [0.15, 0.2) is 11.6 Å². The van der Waals surface area contributed by atoms with Crippen LogP contribution in [-0.4, -0.2) is 43.4 Å². The monoisotopic (exact) mass is 384 g/mol. The number of hydrogen-bond donors (Lipinski definition) is 3. The quantitative estimate of drug-likeness (QED) is 0.602. The Bertz CT molecular complexity index is 984. The lowest BCUT2D eigenvalue weighted by molar-refractivity contribution is 0.0922. The van der Waals surface area contributed by atoms with Crippen LogP contribution < -0.4 is 10.6 Å². The zero-order valence-corrected chi connectivity index (χ0v) is 15.8. The number of amides is 1. The number of aliphatic hydroxyl groups excluding tert-OH is 1. The van der Waals surface area contributed by atoms with Crippen molar-refractivity contribution in [2.24, 2.45) is 0 Å². The summed E-state index contributed by atoms with van der Waals surface area (Å²) < 4.78 is 15.4. The minimum absolute atomic E-state index is 0.0869. The Balaban J connectivity index is 1.85. The first kappa shape index (κ1) is 19.4. The molecule has 0 radical (unpaired) electrons. The van der Waals surface area contributed by atoms with E-state index in [0.29, 0.717) is 0 Å². The van der Waals surface area contributed by atoms with E-state index in [1.807, 2.05) is 32.0 Å². The zero-order chi connectivity index (χ0) is 20.3. The van der Waals surface area contributed by atoms with Gasteiger partial charge >= 0.3 is 0 Å². The van der Waals surface area contributed by atoms with E-state index in [-0.39, 0.29) is 23.9 Å². The second-order valence-corrected chi connectivity index (χ2v) is 6.60. The molecule has 3 N–H and O–H groups in total. The topological polar surface area (TPSA) is 105 Å². The van der Waals surface area contributed by atoms with E-state index in [1.165, 1.54) is 17.1 Å². The Hall–Kier alpha value is -3.33. The smallest absolute Gasteiger partial charge is 0.254 e. The van der Waals surface area contributed by atoms with Crippen LogP contribution in [-0.2, 0) is 0 Å². The first-order valence-corrected chi connectivity index (χ1v) is 8.70. The summed E-state index contributed by atoms with van der Waals surface area (Å²) in [5.41, 5.74) is 3.16. The fourth-order valence-corrected chi connectivity index (χ4v) is 2.66. The molecule has 1 aromatic carbocycles. The van der Waals surface area contributed by atoms with Crippen LogP contribution in [0, 0.1) is 19.7 Å². The van der Waals surface area contributed by atoms with Crippen molar-refractivity contribution in [3.63, 3.8) is 0 Å². The number of halogens is 1. The van der Waals surface area contributed by atoms with Crippen molar-refractivity contribution >= 4 is 17.5 Å². The van der Waals surface area contributed by atoms with Gasteiger partial charge < -0.3 is 15.7 Å². The van der Waals surface area contributed by atoms with E-state index < -0.39 is 17.8 Å².